The van der Waals surface area contributed by atoms with Crippen LogP contribution in [-0.4, -0.2) is 110 Å². The van der Waals surface area contributed by atoms with Crippen LogP contribution < -0.4 is 5.32 Å². The van der Waals surface area contributed by atoms with E-state index in [0.29, 0.717) is 0 Å². The van der Waals surface area contributed by atoms with Crippen molar-refractivity contribution < 1.29 is 63.3 Å². The summed E-state index contributed by atoms with van der Waals surface area (Å²) in [6.07, 6.45) is -8.27. The van der Waals surface area contributed by atoms with Gasteiger partial charge >= 0.3 is 17.9 Å². The molecule has 1 aromatic carbocycles. The molecule has 4 saturated carbocycles. The summed E-state index contributed by atoms with van der Waals surface area (Å²) in [5, 5.41) is 50.2. The van der Waals surface area contributed by atoms with Gasteiger partial charge in [-0.1, -0.05) is 32.0 Å². The lowest BCUT2D eigenvalue weighted by Gasteiger charge is -2.77. The van der Waals surface area contributed by atoms with Gasteiger partial charge in [0.15, 0.2) is 23.1 Å². The monoisotopic (exact) mass is 717 g/mol. The van der Waals surface area contributed by atoms with Gasteiger partial charge in [0.2, 0.25) is 5.91 Å². The Hall–Kier alpha value is -3.26. The number of carbonyl (C=O) groups is 5. The Bertz CT molecular complexity index is 1670. The Balaban J connectivity index is 1.54. The zero-order valence-electron chi connectivity index (χ0n) is 28.5. The number of aliphatic hydroxyl groups is 4. The van der Waals surface area contributed by atoms with Crippen molar-refractivity contribution in [1.82, 2.24) is 5.32 Å². The van der Waals surface area contributed by atoms with Gasteiger partial charge in [0, 0.05) is 38.0 Å². The molecule has 0 aromatic heterocycles. The summed E-state index contributed by atoms with van der Waals surface area (Å²) in [6.45, 7) is 7.07. The standard InChI is InChI=1S/C35H44NO13P/c1-6-22(39)36-27(50)25(41)29(44)47-19-13-35(45)31(4)14-34(35,49-28(43)18-10-8-7-9-11-18)30-32(5,26(42)24(40)23(31)16(19)2)20(38)12-21-33(30,15-46-21)48-17(3)37/h7-11,19-21,24-25,27,30,38,40-41,45H,6,12-15,50H2,1-5H3,(H,36,39)/t19-,20-,21+,24+,25+,27-,30-,31?,32-,33-,34+,35-/m0/s1. The zero-order valence-corrected chi connectivity index (χ0v) is 29.7. The van der Waals surface area contributed by atoms with E-state index in [0.717, 1.165) is 0 Å². The number of aliphatic hydroxyl groups excluding tert-OH is 3. The Kier molecular flexibility index (Phi) is 8.89. The summed E-state index contributed by atoms with van der Waals surface area (Å²) in [5.74, 6) is -6.66. The Morgan fingerprint density at radius 1 is 1.12 bits per heavy atom. The molecule has 4 bridgehead atoms. The molecule has 272 valence electrons. The number of esters is 3. The van der Waals surface area contributed by atoms with Crippen molar-refractivity contribution in [3.63, 3.8) is 0 Å². The molecule has 5 fully saturated rings. The van der Waals surface area contributed by atoms with E-state index >= 15 is 0 Å². The first-order chi connectivity index (χ1) is 23.3. The summed E-state index contributed by atoms with van der Waals surface area (Å²) >= 11 is 0. The molecule has 6 aliphatic rings. The molecule has 1 saturated heterocycles. The molecule has 5 N–H and O–H groups in total. The van der Waals surface area contributed by atoms with E-state index in [-0.39, 0.29) is 42.6 Å². The number of hydrogen-bond donors (Lipinski definition) is 5. The van der Waals surface area contributed by atoms with E-state index in [1.54, 1.807) is 32.0 Å². The van der Waals surface area contributed by atoms with Crippen LogP contribution in [0.1, 0.15) is 70.7 Å². The maximum Gasteiger partial charge on any atom is 0.338 e. The molecule has 1 aromatic rings. The van der Waals surface area contributed by atoms with Gasteiger partial charge in [-0.2, -0.15) is 0 Å². The van der Waals surface area contributed by atoms with E-state index < -0.39 is 106 Å². The third kappa shape index (κ3) is 4.79. The number of ketones is 1. The third-order valence-electron chi connectivity index (χ3n) is 12.1. The molecular formula is C35H44NO13P. The zero-order chi connectivity index (χ0) is 36.8. The van der Waals surface area contributed by atoms with Crippen molar-refractivity contribution in [1.29, 1.82) is 0 Å². The number of benzene rings is 1. The number of rotatable bonds is 8. The smallest absolute Gasteiger partial charge is 0.338 e. The van der Waals surface area contributed by atoms with Crippen molar-refractivity contribution in [2.45, 2.75) is 113 Å². The average molecular weight is 718 g/mol. The molecule has 1 aliphatic heterocycles. The molecule has 50 heavy (non-hydrogen) atoms. The van der Waals surface area contributed by atoms with Crippen molar-refractivity contribution in [3.05, 3.63) is 47.0 Å². The lowest BCUT2D eigenvalue weighted by atomic mass is 9.31. The Morgan fingerprint density at radius 3 is 2.36 bits per heavy atom. The Morgan fingerprint density at radius 2 is 1.78 bits per heavy atom. The number of Topliss-reactive ketones (excluding diaryl/α,β-unsaturated/α-hetero) is 1. The predicted molar refractivity (Wildman–Crippen MR) is 175 cm³/mol. The molecule has 1 amide bonds. The van der Waals surface area contributed by atoms with Crippen LogP contribution >= 0.6 is 9.24 Å². The number of hydrogen-bond acceptors (Lipinski definition) is 13. The van der Waals surface area contributed by atoms with Crippen molar-refractivity contribution in [2.24, 2.45) is 16.7 Å². The minimum Gasteiger partial charge on any atom is -0.456 e. The molecule has 2 unspecified atom stereocenters. The third-order valence-corrected chi connectivity index (χ3v) is 12.6. The first-order valence-electron chi connectivity index (χ1n) is 16.7. The molecule has 0 spiro atoms. The van der Waals surface area contributed by atoms with Crippen LogP contribution in [0.25, 0.3) is 0 Å². The van der Waals surface area contributed by atoms with E-state index in [9.17, 15) is 44.4 Å². The lowest BCUT2D eigenvalue weighted by molar-refractivity contribution is -0.403. The average Bonchev–Trinajstić information content (AvgIpc) is 3.06. The molecule has 14 nitrogen and oxygen atoms in total. The highest BCUT2D eigenvalue weighted by Crippen LogP contribution is 2.76. The molecule has 15 heteroatoms. The van der Waals surface area contributed by atoms with Crippen molar-refractivity contribution >= 4 is 38.8 Å². The number of ether oxygens (including phenoxy) is 4. The highest BCUT2D eigenvalue weighted by Gasteiger charge is 2.89. The minimum absolute atomic E-state index is 0.0250. The van der Waals surface area contributed by atoms with Crippen molar-refractivity contribution in [3.8, 4) is 0 Å². The fourth-order valence-corrected chi connectivity index (χ4v) is 10.0. The maximum absolute atomic E-state index is 14.7. The van der Waals surface area contributed by atoms with Crippen LogP contribution in [-0.2, 0) is 38.1 Å². The molecule has 13 atom stereocenters. The normalized spacial score (nSPS) is 41.0. The van der Waals surface area contributed by atoms with Gasteiger partial charge in [0.25, 0.3) is 0 Å². The second-order valence-electron chi connectivity index (χ2n) is 14.7. The van der Waals surface area contributed by atoms with Gasteiger partial charge in [-0.3, -0.25) is 14.4 Å². The number of carbonyl (C=O) groups excluding carboxylic acids is 5. The summed E-state index contributed by atoms with van der Waals surface area (Å²) in [7, 11) is 2.16. The van der Waals surface area contributed by atoms with Crippen LogP contribution in [0.3, 0.4) is 0 Å². The minimum atomic E-state index is -2.22. The SMILES string of the molecule is CCC(=O)N[C@@H](P)[C@@H](O)C(=O)O[C@H]1C[C@]2(O)C3(C)C[C@@]2(OC(=O)c2ccccc2)[C@@H]2[C@]4(OC(C)=O)CO[C@@H]4C[C@H](O)[C@@]2(C)C(=O)[C@H](O)C3=C1C. The molecule has 0 radical (unpaired) electrons. The first-order valence-corrected chi connectivity index (χ1v) is 17.4. The van der Waals surface area contributed by atoms with Crippen molar-refractivity contribution in [2.75, 3.05) is 6.61 Å². The van der Waals surface area contributed by atoms with Crippen LogP contribution in [0.2, 0.25) is 0 Å². The second kappa shape index (κ2) is 12.2. The number of nitrogens with one attached hydrogen (secondary N) is 1. The summed E-state index contributed by atoms with van der Waals surface area (Å²) < 4.78 is 24.0. The first kappa shape index (κ1) is 36.5. The number of amides is 1. The second-order valence-corrected chi connectivity index (χ2v) is 15.4. The molecule has 1 heterocycles. The van der Waals surface area contributed by atoms with Crippen LogP contribution in [0.15, 0.2) is 41.5 Å². The largest absolute Gasteiger partial charge is 0.456 e. The fourth-order valence-electron chi connectivity index (χ4n) is 9.70. The van der Waals surface area contributed by atoms with Gasteiger partial charge in [0.05, 0.1) is 35.4 Å². The summed E-state index contributed by atoms with van der Waals surface area (Å²) in [4.78, 5) is 66.8. The fraction of sp³-hybridized carbons (Fsp3) is 0.629. The molecule has 7 rings (SSSR count). The Labute approximate surface area is 291 Å². The van der Waals surface area contributed by atoms with Gasteiger partial charge in [0.1, 0.15) is 23.9 Å². The van der Waals surface area contributed by atoms with Gasteiger partial charge in [-0.15, -0.1) is 9.24 Å². The maximum atomic E-state index is 14.7. The van der Waals surface area contributed by atoms with Crippen LogP contribution in [0, 0.1) is 16.7 Å². The van der Waals surface area contributed by atoms with E-state index in [4.69, 9.17) is 18.9 Å². The highest BCUT2D eigenvalue weighted by atomic mass is 31.0. The molecular weight excluding hydrogens is 673 g/mol. The van der Waals surface area contributed by atoms with E-state index in [2.05, 4.69) is 14.6 Å². The summed E-state index contributed by atoms with van der Waals surface area (Å²) in [6, 6.07) is 7.93. The number of fused-ring (bicyclic) bond motifs is 2. The van der Waals surface area contributed by atoms with E-state index in [1.165, 1.54) is 32.9 Å². The van der Waals surface area contributed by atoms with Gasteiger partial charge in [-0.05, 0) is 37.1 Å². The van der Waals surface area contributed by atoms with Gasteiger partial charge in [-0.25, -0.2) is 9.59 Å². The van der Waals surface area contributed by atoms with Crippen LogP contribution in [0.5, 0.6) is 0 Å². The quantitative estimate of drug-likeness (QED) is 0.107. The topological polar surface area (TPSA) is 215 Å². The van der Waals surface area contributed by atoms with Crippen LogP contribution in [0.4, 0.5) is 0 Å². The molecule has 5 aliphatic carbocycles. The van der Waals surface area contributed by atoms with E-state index in [1.807, 2.05) is 0 Å². The highest BCUT2D eigenvalue weighted by molar-refractivity contribution is 7.17. The summed E-state index contributed by atoms with van der Waals surface area (Å²) in [5.41, 5.74) is -9.04. The predicted octanol–water partition coefficient (Wildman–Crippen LogP) is 0.475. The lowest BCUT2D eigenvalue weighted by Crippen LogP contribution is -2.91. The van der Waals surface area contributed by atoms with Gasteiger partial charge < -0.3 is 44.7 Å².